The molecule has 0 aliphatic carbocycles. The van der Waals surface area contributed by atoms with Crippen molar-refractivity contribution in [1.82, 2.24) is 5.32 Å². The van der Waals surface area contributed by atoms with Gasteiger partial charge in [-0.3, -0.25) is 14.4 Å². The Balaban J connectivity index is 1.41. The van der Waals surface area contributed by atoms with E-state index in [4.69, 9.17) is 14.2 Å². The van der Waals surface area contributed by atoms with Crippen molar-refractivity contribution in [2.75, 3.05) is 31.7 Å². The van der Waals surface area contributed by atoms with E-state index in [1.165, 1.54) is 0 Å². The summed E-state index contributed by atoms with van der Waals surface area (Å²) in [6, 6.07) is 11.6. The summed E-state index contributed by atoms with van der Waals surface area (Å²) in [5.41, 5.74) is 0.904. The van der Waals surface area contributed by atoms with Crippen LogP contribution in [0.5, 0.6) is 11.5 Å². The van der Waals surface area contributed by atoms with Crippen molar-refractivity contribution >= 4 is 39.4 Å². The van der Waals surface area contributed by atoms with Crippen molar-refractivity contribution in [3.63, 3.8) is 0 Å². The zero-order chi connectivity index (χ0) is 19.9. The third-order valence-corrected chi connectivity index (χ3v) is 4.22. The second-order valence-corrected chi connectivity index (χ2v) is 6.67. The smallest absolute Gasteiger partial charge is 0.325 e. The number of fused-ring (bicyclic) bond motifs is 1. The van der Waals surface area contributed by atoms with E-state index in [2.05, 4.69) is 26.6 Å². The summed E-state index contributed by atoms with van der Waals surface area (Å²) in [6.45, 7) is 0.106. The second-order valence-electron chi connectivity index (χ2n) is 5.76. The van der Waals surface area contributed by atoms with Crippen molar-refractivity contribution in [3.05, 3.63) is 52.5 Å². The van der Waals surface area contributed by atoms with Crippen LogP contribution in [0.3, 0.4) is 0 Å². The average molecular weight is 449 g/mol. The van der Waals surface area contributed by atoms with E-state index in [0.717, 1.165) is 4.47 Å². The van der Waals surface area contributed by atoms with E-state index in [1.807, 2.05) is 0 Å². The van der Waals surface area contributed by atoms with Gasteiger partial charge in [0.15, 0.2) is 18.1 Å². The predicted molar refractivity (Wildman–Crippen MR) is 103 cm³/mol. The van der Waals surface area contributed by atoms with E-state index >= 15 is 0 Å². The van der Waals surface area contributed by atoms with E-state index in [1.54, 1.807) is 42.5 Å². The number of amides is 2. The first-order valence-electron chi connectivity index (χ1n) is 8.40. The Kier molecular flexibility index (Phi) is 6.49. The van der Waals surface area contributed by atoms with Crippen molar-refractivity contribution in [1.29, 1.82) is 0 Å². The minimum atomic E-state index is -0.720. The van der Waals surface area contributed by atoms with Crippen molar-refractivity contribution in [2.24, 2.45) is 0 Å². The third kappa shape index (κ3) is 5.46. The highest BCUT2D eigenvalue weighted by Gasteiger charge is 2.14. The minimum Gasteiger partial charge on any atom is -0.486 e. The number of carbonyl (C=O) groups excluding carboxylic acids is 3. The Morgan fingerprint density at radius 3 is 2.46 bits per heavy atom. The lowest BCUT2D eigenvalue weighted by Gasteiger charge is -2.19. The van der Waals surface area contributed by atoms with Gasteiger partial charge in [-0.25, -0.2) is 0 Å². The number of halogens is 1. The maximum atomic E-state index is 11.9. The third-order valence-electron chi connectivity index (χ3n) is 3.69. The molecule has 28 heavy (non-hydrogen) atoms. The van der Waals surface area contributed by atoms with Crippen LogP contribution in [0.25, 0.3) is 0 Å². The molecule has 2 amide bonds. The van der Waals surface area contributed by atoms with Crippen molar-refractivity contribution < 1.29 is 28.6 Å². The fraction of sp³-hybridized carbons (Fsp3) is 0.211. The van der Waals surface area contributed by atoms with Crippen LogP contribution in [0.1, 0.15) is 10.4 Å². The number of nitrogens with one attached hydrogen (secondary N) is 2. The zero-order valence-corrected chi connectivity index (χ0v) is 16.3. The number of benzene rings is 2. The maximum Gasteiger partial charge on any atom is 0.325 e. The van der Waals surface area contributed by atoms with Gasteiger partial charge in [0.2, 0.25) is 0 Å². The SMILES string of the molecule is O=C(COC(=O)CNC(=O)c1ccc(Br)cc1)Nc1ccc2c(c1)OCCO2. The number of hydrogen-bond acceptors (Lipinski definition) is 6. The van der Waals surface area contributed by atoms with E-state index in [0.29, 0.717) is 36.0 Å². The molecule has 146 valence electrons. The van der Waals surface area contributed by atoms with Crippen LogP contribution < -0.4 is 20.1 Å². The number of anilines is 1. The molecule has 0 radical (unpaired) electrons. The van der Waals surface area contributed by atoms with Gasteiger partial charge in [-0.15, -0.1) is 0 Å². The van der Waals surface area contributed by atoms with Crippen LogP contribution in [0.4, 0.5) is 5.69 Å². The number of rotatable bonds is 6. The average Bonchev–Trinajstić information content (AvgIpc) is 2.71. The standard InChI is InChI=1S/C19H17BrN2O6/c20-13-3-1-12(2-4-13)19(25)21-10-18(24)28-11-17(23)22-14-5-6-15-16(9-14)27-8-7-26-15/h1-6,9H,7-8,10-11H2,(H,21,25)(H,22,23). The molecule has 2 N–H and O–H groups in total. The molecule has 1 aliphatic rings. The summed E-state index contributed by atoms with van der Waals surface area (Å²) < 4.78 is 16.5. The van der Waals surface area contributed by atoms with Crippen molar-refractivity contribution in [2.45, 2.75) is 0 Å². The maximum absolute atomic E-state index is 11.9. The molecule has 1 heterocycles. The summed E-state index contributed by atoms with van der Waals surface area (Å²) in [4.78, 5) is 35.6. The van der Waals surface area contributed by atoms with Gasteiger partial charge in [-0.2, -0.15) is 0 Å². The highest BCUT2D eigenvalue weighted by Crippen LogP contribution is 2.32. The number of esters is 1. The van der Waals surface area contributed by atoms with E-state index < -0.39 is 24.4 Å². The van der Waals surface area contributed by atoms with Crippen LogP contribution in [-0.2, 0) is 14.3 Å². The molecule has 0 bridgehead atoms. The monoisotopic (exact) mass is 448 g/mol. The molecule has 0 atom stereocenters. The summed E-state index contributed by atoms with van der Waals surface area (Å²) in [5.74, 6) is -0.494. The molecule has 0 spiro atoms. The molecule has 3 rings (SSSR count). The van der Waals surface area contributed by atoms with E-state index in [9.17, 15) is 14.4 Å². The van der Waals surface area contributed by atoms with Crippen LogP contribution >= 0.6 is 15.9 Å². The van der Waals surface area contributed by atoms with Crippen LogP contribution in [0, 0.1) is 0 Å². The van der Waals surface area contributed by atoms with Crippen LogP contribution in [0.15, 0.2) is 46.9 Å². The van der Waals surface area contributed by atoms with Gasteiger partial charge >= 0.3 is 5.97 Å². The first kappa shape index (κ1) is 19.7. The highest BCUT2D eigenvalue weighted by atomic mass is 79.9. The quantitative estimate of drug-likeness (QED) is 0.656. The number of ether oxygens (including phenoxy) is 3. The Bertz CT molecular complexity index is 884. The van der Waals surface area contributed by atoms with Crippen LogP contribution in [-0.4, -0.2) is 44.1 Å². The molecule has 0 fully saturated rings. The van der Waals surface area contributed by atoms with Gasteiger partial charge in [-0.05, 0) is 36.4 Å². The zero-order valence-electron chi connectivity index (χ0n) is 14.7. The Morgan fingerprint density at radius 2 is 1.71 bits per heavy atom. The van der Waals surface area contributed by atoms with Gasteiger partial charge < -0.3 is 24.8 Å². The predicted octanol–water partition coefficient (Wildman–Crippen LogP) is 2.13. The molecule has 2 aromatic carbocycles. The van der Waals surface area contributed by atoms with Gasteiger partial charge in [0.25, 0.3) is 11.8 Å². The molecule has 0 unspecified atom stereocenters. The summed E-state index contributed by atoms with van der Waals surface area (Å²) in [7, 11) is 0. The van der Waals surface area contributed by atoms with Gasteiger partial charge in [0.05, 0.1) is 0 Å². The Labute approximate surface area is 169 Å². The summed E-state index contributed by atoms with van der Waals surface area (Å²) in [5, 5.41) is 5.03. The normalized spacial score (nSPS) is 12.0. The summed E-state index contributed by atoms with van der Waals surface area (Å²) >= 11 is 3.28. The Hall–Kier alpha value is -3.07. The lowest BCUT2D eigenvalue weighted by molar-refractivity contribution is -0.146. The molecule has 9 heteroatoms. The first-order chi connectivity index (χ1) is 13.5. The molecule has 2 aromatic rings. The fourth-order valence-electron chi connectivity index (χ4n) is 2.37. The first-order valence-corrected chi connectivity index (χ1v) is 9.19. The van der Waals surface area contributed by atoms with Crippen molar-refractivity contribution in [3.8, 4) is 11.5 Å². The lowest BCUT2D eigenvalue weighted by atomic mass is 10.2. The van der Waals surface area contributed by atoms with Gasteiger partial charge in [0, 0.05) is 21.8 Å². The highest BCUT2D eigenvalue weighted by molar-refractivity contribution is 9.10. The van der Waals surface area contributed by atoms with E-state index in [-0.39, 0.29) is 6.54 Å². The number of hydrogen-bond donors (Lipinski definition) is 2. The van der Waals surface area contributed by atoms with Crippen LogP contribution in [0.2, 0.25) is 0 Å². The molecule has 0 saturated heterocycles. The minimum absolute atomic E-state index is 0.341. The number of carbonyl (C=O) groups is 3. The molecule has 0 saturated carbocycles. The molecule has 8 nitrogen and oxygen atoms in total. The molecule has 0 aromatic heterocycles. The largest absolute Gasteiger partial charge is 0.486 e. The molecular weight excluding hydrogens is 432 g/mol. The lowest BCUT2D eigenvalue weighted by Crippen LogP contribution is -2.32. The second kappa shape index (κ2) is 9.23. The Morgan fingerprint density at radius 1 is 1.00 bits per heavy atom. The van der Waals surface area contributed by atoms with Gasteiger partial charge in [0.1, 0.15) is 19.8 Å². The molecular formula is C19H17BrN2O6. The molecule has 1 aliphatic heterocycles. The fourth-order valence-corrected chi connectivity index (χ4v) is 2.64. The van der Waals surface area contributed by atoms with Gasteiger partial charge in [-0.1, -0.05) is 15.9 Å². The topological polar surface area (TPSA) is 103 Å². The summed E-state index contributed by atoms with van der Waals surface area (Å²) in [6.07, 6.45) is 0.